The Hall–Kier alpha value is -3.80. The first-order valence-corrected chi connectivity index (χ1v) is 10.3. The van der Waals surface area contributed by atoms with Crippen molar-refractivity contribution in [3.05, 3.63) is 105 Å². The summed E-state index contributed by atoms with van der Waals surface area (Å²) in [6, 6.07) is 15.4. The highest BCUT2D eigenvalue weighted by Crippen LogP contribution is 2.14. The molecule has 31 heavy (non-hydrogen) atoms. The van der Waals surface area contributed by atoms with E-state index in [1.807, 2.05) is 24.3 Å². The molecule has 1 amide bonds. The minimum atomic E-state index is -0.242. The lowest BCUT2D eigenvalue weighted by atomic mass is 10.1. The molecule has 3 aromatic heterocycles. The van der Waals surface area contributed by atoms with Gasteiger partial charge in [-0.1, -0.05) is 37.3 Å². The minimum Gasteiger partial charge on any atom is -0.348 e. The molecule has 6 heteroatoms. The van der Waals surface area contributed by atoms with E-state index in [1.54, 1.807) is 42.2 Å². The van der Waals surface area contributed by atoms with Crippen molar-refractivity contribution in [2.45, 2.75) is 33.4 Å². The number of rotatable bonds is 6. The summed E-state index contributed by atoms with van der Waals surface area (Å²) in [5.74, 6) is -0.242. The van der Waals surface area contributed by atoms with Crippen LogP contribution in [0.1, 0.15) is 39.7 Å². The van der Waals surface area contributed by atoms with E-state index in [2.05, 4.69) is 34.3 Å². The van der Waals surface area contributed by atoms with Crippen LogP contribution in [0.5, 0.6) is 0 Å². The van der Waals surface area contributed by atoms with E-state index >= 15 is 0 Å². The van der Waals surface area contributed by atoms with E-state index in [1.165, 1.54) is 5.56 Å². The number of hydrogen-bond donors (Lipinski definition) is 1. The quantitative estimate of drug-likeness (QED) is 0.525. The molecule has 0 unspecified atom stereocenters. The highest BCUT2D eigenvalue weighted by atomic mass is 16.1. The fourth-order valence-electron chi connectivity index (χ4n) is 3.52. The molecule has 156 valence electrons. The van der Waals surface area contributed by atoms with Gasteiger partial charge in [-0.2, -0.15) is 0 Å². The average Bonchev–Trinajstić information content (AvgIpc) is 2.80. The Morgan fingerprint density at radius 1 is 1.06 bits per heavy atom. The van der Waals surface area contributed by atoms with Crippen LogP contribution in [0.4, 0.5) is 0 Å². The van der Waals surface area contributed by atoms with Crippen molar-refractivity contribution < 1.29 is 4.79 Å². The molecule has 1 aromatic carbocycles. The fourth-order valence-corrected chi connectivity index (χ4v) is 3.52. The van der Waals surface area contributed by atoms with E-state index < -0.39 is 0 Å². The first kappa shape index (κ1) is 20.5. The number of carbonyl (C=O) groups is 1. The molecule has 0 bridgehead atoms. The first-order chi connectivity index (χ1) is 15.0. The summed E-state index contributed by atoms with van der Waals surface area (Å²) in [5.41, 5.74) is 4.61. The van der Waals surface area contributed by atoms with Gasteiger partial charge in [-0.15, -0.1) is 0 Å². The lowest BCUT2D eigenvalue weighted by molar-refractivity contribution is 0.0950. The van der Waals surface area contributed by atoms with E-state index in [0.29, 0.717) is 35.2 Å². The van der Waals surface area contributed by atoms with E-state index in [9.17, 15) is 9.59 Å². The average molecular weight is 412 g/mol. The Bertz CT molecular complexity index is 1280. The maximum Gasteiger partial charge on any atom is 0.260 e. The van der Waals surface area contributed by atoms with Crippen molar-refractivity contribution in [2.75, 3.05) is 0 Å². The van der Waals surface area contributed by atoms with Gasteiger partial charge in [-0.25, -0.2) is 0 Å². The normalized spacial score (nSPS) is 10.9. The molecule has 0 saturated heterocycles. The van der Waals surface area contributed by atoms with Crippen molar-refractivity contribution in [1.82, 2.24) is 19.9 Å². The van der Waals surface area contributed by atoms with Gasteiger partial charge in [0.15, 0.2) is 0 Å². The van der Waals surface area contributed by atoms with Crippen molar-refractivity contribution in [1.29, 1.82) is 0 Å². The van der Waals surface area contributed by atoms with Crippen LogP contribution in [0, 0.1) is 6.92 Å². The van der Waals surface area contributed by atoms with Crippen LogP contribution in [0.2, 0.25) is 0 Å². The number of carbonyl (C=O) groups excluding carboxylic acids is 1. The summed E-state index contributed by atoms with van der Waals surface area (Å²) in [6.07, 6.45) is 6.13. The van der Waals surface area contributed by atoms with E-state index in [4.69, 9.17) is 0 Å². The standard InChI is InChI=1S/C25H24N4O2/c1-3-18-6-8-19(9-7-18)15-27-24(30)21-13-22-23(28-17(21)2)10-12-29(25(22)31)16-20-5-4-11-26-14-20/h4-14H,3,15-16H2,1-2H3,(H,27,30). The van der Waals surface area contributed by atoms with Crippen LogP contribution >= 0.6 is 0 Å². The highest BCUT2D eigenvalue weighted by molar-refractivity contribution is 5.98. The highest BCUT2D eigenvalue weighted by Gasteiger charge is 2.14. The molecule has 0 spiro atoms. The van der Waals surface area contributed by atoms with Crippen LogP contribution < -0.4 is 10.9 Å². The third-order valence-corrected chi connectivity index (χ3v) is 5.35. The van der Waals surface area contributed by atoms with Crippen LogP contribution in [-0.4, -0.2) is 20.4 Å². The number of benzene rings is 1. The largest absolute Gasteiger partial charge is 0.348 e. The SMILES string of the molecule is CCc1ccc(CNC(=O)c2cc3c(=O)n(Cc4cccnc4)ccc3nc2C)cc1. The van der Waals surface area contributed by atoms with Gasteiger partial charge in [0.05, 0.1) is 28.7 Å². The zero-order valence-corrected chi connectivity index (χ0v) is 17.6. The summed E-state index contributed by atoms with van der Waals surface area (Å²) in [6.45, 7) is 4.72. The number of aryl methyl sites for hydroxylation is 2. The van der Waals surface area contributed by atoms with Gasteiger partial charge < -0.3 is 9.88 Å². The molecule has 0 atom stereocenters. The Balaban J connectivity index is 1.59. The van der Waals surface area contributed by atoms with Crippen LogP contribution in [0.25, 0.3) is 10.9 Å². The minimum absolute atomic E-state index is 0.182. The topological polar surface area (TPSA) is 76.9 Å². The number of amides is 1. The molecule has 6 nitrogen and oxygen atoms in total. The second-order valence-electron chi connectivity index (χ2n) is 7.52. The molecular weight excluding hydrogens is 388 g/mol. The van der Waals surface area contributed by atoms with Crippen molar-refractivity contribution in [3.63, 3.8) is 0 Å². The Morgan fingerprint density at radius 3 is 2.55 bits per heavy atom. The van der Waals surface area contributed by atoms with Crippen molar-refractivity contribution in [3.8, 4) is 0 Å². The van der Waals surface area contributed by atoms with Crippen LogP contribution in [-0.2, 0) is 19.5 Å². The van der Waals surface area contributed by atoms with Crippen molar-refractivity contribution in [2.24, 2.45) is 0 Å². The summed E-state index contributed by atoms with van der Waals surface area (Å²) >= 11 is 0. The zero-order valence-electron chi connectivity index (χ0n) is 17.6. The number of hydrogen-bond acceptors (Lipinski definition) is 4. The van der Waals surface area contributed by atoms with Crippen molar-refractivity contribution >= 4 is 16.8 Å². The monoisotopic (exact) mass is 412 g/mol. The van der Waals surface area contributed by atoms with E-state index in [0.717, 1.165) is 17.5 Å². The molecular formula is C25H24N4O2. The lowest BCUT2D eigenvalue weighted by Crippen LogP contribution is -2.25. The molecule has 0 aliphatic heterocycles. The fraction of sp³-hybridized carbons (Fsp3) is 0.200. The number of fused-ring (bicyclic) bond motifs is 1. The zero-order chi connectivity index (χ0) is 21.8. The van der Waals surface area contributed by atoms with Crippen LogP contribution in [0.3, 0.4) is 0 Å². The smallest absolute Gasteiger partial charge is 0.260 e. The molecule has 0 fully saturated rings. The number of aromatic nitrogens is 3. The predicted molar refractivity (Wildman–Crippen MR) is 121 cm³/mol. The summed E-state index contributed by atoms with van der Waals surface area (Å²) in [5, 5.41) is 3.36. The second kappa shape index (κ2) is 8.92. The van der Waals surface area contributed by atoms with Gasteiger partial charge in [-0.3, -0.25) is 19.6 Å². The molecule has 0 radical (unpaired) electrons. The predicted octanol–water partition coefficient (Wildman–Crippen LogP) is 3.64. The summed E-state index contributed by atoms with van der Waals surface area (Å²) in [7, 11) is 0. The second-order valence-corrected chi connectivity index (χ2v) is 7.52. The molecule has 4 rings (SSSR count). The van der Waals surface area contributed by atoms with E-state index in [-0.39, 0.29) is 11.5 Å². The van der Waals surface area contributed by atoms with Gasteiger partial charge in [0.1, 0.15) is 0 Å². The Morgan fingerprint density at radius 2 is 1.84 bits per heavy atom. The lowest BCUT2D eigenvalue weighted by Gasteiger charge is -2.11. The Labute approximate surface area is 180 Å². The molecule has 4 aromatic rings. The van der Waals surface area contributed by atoms with Crippen LogP contribution in [0.15, 0.2) is 71.9 Å². The number of nitrogens with zero attached hydrogens (tertiary/aromatic N) is 3. The Kier molecular flexibility index (Phi) is 5.89. The third-order valence-electron chi connectivity index (χ3n) is 5.35. The molecule has 1 N–H and O–H groups in total. The molecule has 0 aliphatic rings. The maximum atomic E-state index is 13.0. The molecule has 0 aliphatic carbocycles. The van der Waals surface area contributed by atoms with Gasteiger partial charge in [0.2, 0.25) is 0 Å². The molecule has 3 heterocycles. The van der Waals surface area contributed by atoms with Gasteiger partial charge in [-0.05, 0) is 48.2 Å². The number of pyridine rings is 3. The summed E-state index contributed by atoms with van der Waals surface area (Å²) in [4.78, 5) is 34.4. The number of nitrogens with one attached hydrogen (secondary N) is 1. The van der Waals surface area contributed by atoms with Gasteiger partial charge in [0.25, 0.3) is 11.5 Å². The van der Waals surface area contributed by atoms with Gasteiger partial charge >= 0.3 is 0 Å². The molecule has 0 saturated carbocycles. The first-order valence-electron chi connectivity index (χ1n) is 10.3. The summed E-state index contributed by atoms with van der Waals surface area (Å²) < 4.78 is 1.60. The maximum absolute atomic E-state index is 13.0. The van der Waals surface area contributed by atoms with Gasteiger partial charge in [0, 0.05) is 25.1 Å². The third kappa shape index (κ3) is 4.53.